The van der Waals surface area contributed by atoms with Crippen LogP contribution in [0.15, 0.2) is 127 Å². The van der Waals surface area contributed by atoms with Gasteiger partial charge < -0.3 is 4.90 Å². The van der Waals surface area contributed by atoms with E-state index < -0.39 is 0 Å². The molecule has 58 heavy (non-hydrogen) atoms. The Labute approximate surface area is 346 Å². The Kier molecular flexibility index (Phi) is 7.18. The van der Waals surface area contributed by atoms with Crippen LogP contribution in [0.25, 0.3) is 33.4 Å². The summed E-state index contributed by atoms with van der Waals surface area (Å²) >= 11 is 0. The van der Waals surface area contributed by atoms with E-state index in [-0.39, 0.29) is 21.7 Å². The zero-order valence-corrected chi connectivity index (χ0v) is 35.3. The summed E-state index contributed by atoms with van der Waals surface area (Å²) in [4.78, 5) is 2.75. The fourth-order valence-electron chi connectivity index (χ4n) is 14.4. The van der Waals surface area contributed by atoms with Crippen LogP contribution < -0.4 is 4.90 Å². The van der Waals surface area contributed by atoms with Crippen LogP contribution in [0.1, 0.15) is 120 Å². The predicted octanol–water partition coefficient (Wildman–Crippen LogP) is 15.2. The summed E-state index contributed by atoms with van der Waals surface area (Å²) in [5.74, 6) is 3.15. The molecule has 290 valence electrons. The average molecular weight is 756 g/mol. The molecule has 0 N–H and O–H groups in total. The van der Waals surface area contributed by atoms with Crippen LogP contribution in [0, 0.1) is 23.7 Å². The van der Waals surface area contributed by atoms with E-state index >= 15 is 0 Å². The lowest BCUT2D eigenvalue weighted by molar-refractivity contribution is -0.0397. The maximum Gasteiger partial charge on any atom is 0.0543 e. The number of anilines is 3. The summed E-state index contributed by atoms with van der Waals surface area (Å²) in [7, 11) is 0. The molecule has 7 aliphatic rings. The Morgan fingerprint density at radius 3 is 1.79 bits per heavy atom. The van der Waals surface area contributed by atoms with Gasteiger partial charge in [-0.2, -0.15) is 0 Å². The monoisotopic (exact) mass is 755 g/mol. The molecule has 4 bridgehead atoms. The van der Waals surface area contributed by atoms with E-state index in [4.69, 9.17) is 0 Å². The third kappa shape index (κ3) is 4.54. The zero-order chi connectivity index (χ0) is 39.3. The van der Waals surface area contributed by atoms with E-state index in [1.807, 2.05) is 0 Å². The molecule has 4 fully saturated rings. The Balaban J connectivity index is 1.19. The molecule has 0 saturated heterocycles. The predicted molar refractivity (Wildman–Crippen MR) is 243 cm³/mol. The zero-order valence-electron chi connectivity index (χ0n) is 35.3. The van der Waals surface area contributed by atoms with Gasteiger partial charge in [0.15, 0.2) is 0 Å². The maximum atomic E-state index is 2.75. The fourth-order valence-corrected chi connectivity index (χ4v) is 14.4. The van der Waals surface area contributed by atoms with Crippen molar-refractivity contribution >= 4 is 17.1 Å². The van der Waals surface area contributed by atoms with Gasteiger partial charge in [-0.25, -0.2) is 0 Å². The first-order valence-corrected chi connectivity index (χ1v) is 22.5. The van der Waals surface area contributed by atoms with E-state index in [0.29, 0.717) is 11.8 Å². The average Bonchev–Trinajstić information content (AvgIpc) is 3.65. The third-order valence-corrected chi connectivity index (χ3v) is 16.9. The van der Waals surface area contributed by atoms with Gasteiger partial charge in [-0.3, -0.25) is 0 Å². The lowest BCUT2D eigenvalue weighted by Gasteiger charge is -2.61. The Bertz CT molecular complexity index is 2640. The quantitative estimate of drug-likeness (QED) is 0.173. The number of rotatable bonds is 4. The van der Waals surface area contributed by atoms with Crippen molar-refractivity contribution in [3.8, 4) is 33.4 Å². The molecule has 0 unspecified atom stereocenters. The lowest BCUT2D eigenvalue weighted by atomic mass is 9.42. The van der Waals surface area contributed by atoms with Gasteiger partial charge in [-0.15, -0.1) is 0 Å². The molecule has 0 aliphatic heterocycles. The number of fused-ring (bicyclic) bond motifs is 7. The standard InChI is InChI=1S/C57H57N/c1-54(2)27-28-55(3,4)53-47(54)21-14-22-50(53)58(40-23-24-43-42-17-10-12-19-45(42)56(5,6)48(43)34-40)49-26-25-41(37-15-8-7-9-16-37)52-51(49)44-18-11-13-20-46(44)57(52)38-30-35-29-36(32-38)33-39(57)31-35/h7-26,34-36,38-39H,27-33H2,1-6H3. The van der Waals surface area contributed by atoms with E-state index in [0.717, 1.165) is 11.8 Å². The molecule has 0 aromatic heterocycles. The Morgan fingerprint density at radius 2 is 1.05 bits per heavy atom. The van der Waals surface area contributed by atoms with Crippen LogP contribution in [0.3, 0.4) is 0 Å². The molecule has 1 heteroatoms. The maximum absolute atomic E-state index is 2.75. The number of hydrogen-bond acceptors (Lipinski definition) is 1. The highest BCUT2D eigenvalue weighted by molar-refractivity contribution is 6.00. The van der Waals surface area contributed by atoms with Gasteiger partial charge >= 0.3 is 0 Å². The summed E-state index contributed by atoms with van der Waals surface area (Å²) in [5, 5.41) is 0. The van der Waals surface area contributed by atoms with E-state index in [1.54, 1.807) is 11.1 Å². The molecule has 0 radical (unpaired) electrons. The minimum absolute atomic E-state index is 0.0274. The third-order valence-electron chi connectivity index (χ3n) is 16.9. The molecule has 7 aliphatic carbocycles. The summed E-state index contributed by atoms with van der Waals surface area (Å²) in [6.07, 6.45) is 9.33. The first-order valence-electron chi connectivity index (χ1n) is 22.5. The second kappa shape index (κ2) is 11.9. The van der Waals surface area contributed by atoms with Crippen molar-refractivity contribution < 1.29 is 0 Å². The van der Waals surface area contributed by atoms with Crippen molar-refractivity contribution in [1.82, 2.24) is 0 Å². The molecule has 1 nitrogen and oxygen atoms in total. The molecular weight excluding hydrogens is 699 g/mol. The summed E-state index contributed by atoms with van der Waals surface area (Å²) in [6.45, 7) is 14.8. The van der Waals surface area contributed by atoms with E-state index in [2.05, 4.69) is 174 Å². The smallest absolute Gasteiger partial charge is 0.0543 e. The minimum Gasteiger partial charge on any atom is -0.310 e. The lowest BCUT2D eigenvalue weighted by Crippen LogP contribution is -2.55. The van der Waals surface area contributed by atoms with Crippen molar-refractivity contribution in [1.29, 1.82) is 0 Å². The van der Waals surface area contributed by atoms with Crippen LogP contribution >= 0.6 is 0 Å². The SMILES string of the molecule is CC1(C)CCC(C)(C)c2c(N(c3ccc4c(c3)C(C)(C)c3ccccc3-4)c3ccc(-c4ccccc4)c4c3-c3ccccc3C43C4CC5CC(C4)CC3C5)cccc21. The van der Waals surface area contributed by atoms with Gasteiger partial charge in [0.1, 0.15) is 0 Å². The summed E-state index contributed by atoms with van der Waals surface area (Å²) < 4.78 is 0. The van der Waals surface area contributed by atoms with E-state index in [1.165, 1.54) is 118 Å². The Hall–Kier alpha value is -4.88. The minimum atomic E-state index is -0.0961. The highest BCUT2D eigenvalue weighted by Gasteiger charge is 2.62. The van der Waals surface area contributed by atoms with Gasteiger partial charge in [-0.1, -0.05) is 145 Å². The molecule has 0 atom stereocenters. The van der Waals surface area contributed by atoms with Gasteiger partial charge in [-0.05, 0) is 165 Å². The molecule has 6 aromatic rings. The first-order chi connectivity index (χ1) is 28.0. The van der Waals surface area contributed by atoms with Crippen molar-refractivity contribution in [2.75, 3.05) is 4.90 Å². The number of nitrogens with zero attached hydrogens (tertiary/aromatic N) is 1. The van der Waals surface area contributed by atoms with Gasteiger partial charge in [0, 0.05) is 22.1 Å². The molecule has 1 spiro atoms. The van der Waals surface area contributed by atoms with Crippen LogP contribution in [0.4, 0.5) is 17.1 Å². The molecule has 4 saturated carbocycles. The van der Waals surface area contributed by atoms with Crippen LogP contribution in [-0.4, -0.2) is 0 Å². The number of benzene rings is 6. The van der Waals surface area contributed by atoms with Crippen LogP contribution in [-0.2, 0) is 21.7 Å². The van der Waals surface area contributed by atoms with E-state index in [9.17, 15) is 0 Å². The van der Waals surface area contributed by atoms with Gasteiger partial charge in [0.2, 0.25) is 0 Å². The number of hydrogen-bond donors (Lipinski definition) is 0. The normalized spacial score (nSPS) is 26.8. The van der Waals surface area contributed by atoms with Crippen molar-refractivity contribution in [3.05, 3.63) is 161 Å². The second-order valence-corrected chi connectivity index (χ2v) is 21.2. The largest absolute Gasteiger partial charge is 0.310 e. The molecule has 13 rings (SSSR count). The summed E-state index contributed by atoms with van der Waals surface area (Å²) in [6, 6.07) is 50.1. The fraction of sp³-hybridized carbons (Fsp3) is 0.368. The first kappa shape index (κ1) is 35.1. The highest BCUT2D eigenvalue weighted by Crippen LogP contribution is 2.72. The Morgan fingerprint density at radius 1 is 0.448 bits per heavy atom. The summed E-state index contributed by atoms with van der Waals surface area (Å²) in [5.41, 5.74) is 21.7. The van der Waals surface area contributed by atoms with Crippen molar-refractivity contribution in [2.24, 2.45) is 23.7 Å². The second-order valence-electron chi connectivity index (χ2n) is 21.2. The molecule has 0 amide bonds. The molecule has 0 heterocycles. The topological polar surface area (TPSA) is 3.24 Å². The van der Waals surface area contributed by atoms with Crippen LogP contribution in [0.5, 0.6) is 0 Å². The molecule has 6 aromatic carbocycles. The van der Waals surface area contributed by atoms with Gasteiger partial charge in [0.05, 0.1) is 11.4 Å². The van der Waals surface area contributed by atoms with Crippen molar-refractivity contribution in [2.45, 2.75) is 108 Å². The van der Waals surface area contributed by atoms with Gasteiger partial charge in [0.25, 0.3) is 0 Å². The van der Waals surface area contributed by atoms with Crippen molar-refractivity contribution in [3.63, 3.8) is 0 Å². The van der Waals surface area contributed by atoms with Crippen LogP contribution in [0.2, 0.25) is 0 Å². The highest BCUT2D eigenvalue weighted by atomic mass is 15.2. The molecular formula is C57H57N.